The van der Waals surface area contributed by atoms with Crippen LogP contribution in [0.4, 0.5) is 4.39 Å². The summed E-state index contributed by atoms with van der Waals surface area (Å²) in [5.74, 6) is 0.523. The van der Waals surface area contributed by atoms with E-state index in [0.717, 1.165) is 16.5 Å². The van der Waals surface area contributed by atoms with E-state index >= 15 is 0 Å². The van der Waals surface area contributed by atoms with Crippen LogP contribution in [0.5, 0.6) is 11.6 Å². The zero-order valence-electron chi connectivity index (χ0n) is 18.5. The van der Waals surface area contributed by atoms with Gasteiger partial charge in [-0.05, 0) is 74.0 Å². The van der Waals surface area contributed by atoms with Crippen molar-refractivity contribution in [1.29, 1.82) is 5.26 Å². The number of thiophene rings is 1. The highest BCUT2D eigenvalue weighted by molar-refractivity contribution is 7.17. The number of benzene rings is 1. The van der Waals surface area contributed by atoms with Crippen molar-refractivity contribution in [2.75, 3.05) is 0 Å². The summed E-state index contributed by atoms with van der Waals surface area (Å²) in [5, 5.41) is 12.3. The zero-order chi connectivity index (χ0) is 23.2. The topological polar surface area (TPSA) is 67.9 Å². The summed E-state index contributed by atoms with van der Waals surface area (Å²) in [6.07, 6.45) is 3.39. The van der Waals surface area contributed by atoms with Crippen LogP contribution in [-0.4, -0.2) is 9.55 Å². The van der Waals surface area contributed by atoms with Crippen LogP contribution in [0.25, 0.3) is 21.2 Å². The third-order valence-corrected chi connectivity index (χ3v) is 6.46. The number of nitriles is 1. The van der Waals surface area contributed by atoms with Crippen LogP contribution in [0.15, 0.2) is 46.8 Å². The second-order valence-corrected chi connectivity index (χ2v) is 9.32. The number of hydrogen-bond acceptors (Lipinski definition) is 5. The first-order chi connectivity index (χ1) is 15.1. The van der Waals surface area contributed by atoms with E-state index in [4.69, 9.17) is 4.74 Å². The van der Waals surface area contributed by atoms with Crippen LogP contribution < -0.4 is 10.3 Å². The number of aryl methyl sites for hydroxylation is 3. The summed E-state index contributed by atoms with van der Waals surface area (Å²) in [6, 6.07) is 8.92. The lowest BCUT2D eigenvalue weighted by atomic mass is 9.86. The highest BCUT2D eigenvalue weighted by Gasteiger charge is 2.24. The summed E-state index contributed by atoms with van der Waals surface area (Å²) in [7, 11) is 1.70. The van der Waals surface area contributed by atoms with Gasteiger partial charge in [0.2, 0.25) is 5.88 Å². The van der Waals surface area contributed by atoms with E-state index in [0.29, 0.717) is 33.0 Å². The molecule has 0 aliphatic heterocycles. The maximum Gasteiger partial charge on any atom is 0.268 e. The summed E-state index contributed by atoms with van der Waals surface area (Å²) in [4.78, 5) is 17.2. The molecule has 3 heterocycles. The Morgan fingerprint density at radius 3 is 2.53 bits per heavy atom. The fraction of sp³-hybridized carbons (Fsp3) is 0.240. The van der Waals surface area contributed by atoms with Crippen molar-refractivity contribution < 1.29 is 9.13 Å². The standard InChI is InChI=1S/C25H22FN3O2S/c1-14-8-17(26)9-15(2)21(14)31-23-19(10-16(11-28-23)25(3,4)13-27)20-12-29(5)24(30)22-18(20)6-7-32-22/h6-12H,1-5H3. The molecule has 0 unspecified atom stereocenters. The van der Waals surface area contributed by atoms with Gasteiger partial charge in [-0.15, -0.1) is 11.3 Å². The van der Waals surface area contributed by atoms with Crippen LogP contribution in [0.1, 0.15) is 30.5 Å². The predicted molar refractivity (Wildman–Crippen MR) is 125 cm³/mol. The Labute approximate surface area is 189 Å². The summed E-state index contributed by atoms with van der Waals surface area (Å²) < 4.78 is 22.2. The Balaban J connectivity index is 2.00. The minimum absolute atomic E-state index is 0.0760. The molecule has 0 saturated heterocycles. The molecule has 0 saturated carbocycles. The number of hydrogen-bond donors (Lipinski definition) is 0. The van der Waals surface area contributed by atoms with Crippen molar-refractivity contribution >= 4 is 21.4 Å². The number of ether oxygens (including phenoxy) is 1. The number of rotatable bonds is 4. The monoisotopic (exact) mass is 447 g/mol. The van der Waals surface area contributed by atoms with Crippen molar-refractivity contribution in [3.8, 4) is 28.8 Å². The van der Waals surface area contributed by atoms with E-state index in [1.807, 2.05) is 31.4 Å². The molecule has 3 aromatic heterocycles. The molecular weight excluding hydrogens is 425 g/mol. The van der Waals surface area contributed by atoms with Crippen LogP contribution in [0.2, 0.25) is 0 Å². The average molecular weight is 448 g/mol. The van der Waals surface area contributed by atoms with Gasteiger partial charge in [-0.3, -0.25) is 4.79 Å². The molecule has 4 rings (SSSR count). The smallest absolute Gasteiger partial charge is 0.268 e. The molecule has 1 aromatic carbocycles. The van der Waals surface area contributed by atoms with Crippen LogP contribution in [-0.2, 0) is 12.5 Å². The Morgan fingerprint density at radius 2 is 1.88 bits per heavy atom. The average Bonchev–Trinajstić information content (AvgIpc) is 3.23. The van der Waals surface area contributed by atoms with Crippen LogP contribution in [0.3, 0.4) is 0 Å². The SMILES string of the molecule is Cc1cc(F)cc(C)c1Oc1ncc(C(C)(C)C#N)cc1-c1cn(C)c(=O)c2sccc12. The molecule has 0 radical (unpaired) electrons. The van der Waals surface area contributed by atoms with E-state index < -0.39 is 5.41 Å². The van der Waals surface area contributed by atoms with Gasteiger partial charge < -0.3 is 9.30 Å². The van der Waals surface area contributed by atoms with Gasteiger partial charge in [0.15, 0.2) is 0 Å². The van der Waals surface area contributed by atoms with E-state index in [1.165, 1.54) is 28.0 Å². The Kier molecular flexibility index (Phi) is 5.35. The first-order valence-corrected chi connectivity index (χ1v) is 10.9. The van der Waals surface area contributed by atoms with Crippen molar-refractivity contribution in [2.45, 2.75) is 33.1 Å². The number of nitrogens with zero attached hydrogens (tertiary/aromatic N) is 3. The van der Waals surface area contributed by atoms with Gasteiger partial charge in [-0.2, -0.15) is 5.26 Å². The number of fused-ring (bicyclic) bond motifs is 1. The number of aromatic nitrogens is 2. The summed E-state index contributed by atoms with van der Waals surface area (Å²) in [6.45, 7) is 7.20. The minimum atomic E-state index is -0.767. The lowest BCUT2D eigenvalue weighted by Crippen LogP contribution is -2.16. The molecule has 0 fully saturated rings. The highest BCUT2D eigenvalue weighted by Crippen LogP contribution is 2.40. The third kappa shape index (κ3) is 3.67. The van der Waals surface area contributed by atoms with Crippen LogP contribution >= 0.6 is 11.3 Å². The van der Waals surface area contributed by atoms with Gasteiger partial charge in [0, 0.05) is 36.0 Å². The van der Waals surface area contributed by atoms with Crippen molar-refractivity contribution in [2.24, 2.45) is 7.05 Å². The molecule has 0 aliphatic carbocycles. The second kappa shape index (κ2) is 7.88. The molecule has 0 amide bonds. The molecule has 0 spiro atoms. The van der Waals surface area contributed by atoms with E-state index in [9.17, 15) is 14.4 Å². The van der Waals surface area contributed by atoms with E-state index in [1.54, 1.807) is 33.3 Å². The molecule has 0 aliphatic rings. The maximum absolute atomic E-state index is 13.8. The molecule has 5 nitrogen and oxygen atoms in total. The molecule has 162 valence electrons. The molecule has 0 atom stereocenters. The fourth-order valence-corrected chi connectivity index (χ4v) is 4.56. The summed E-state index contributed by atoms with van der Waals surface area (Å²) in [5.41, 5.74) is 2.62. The first-order valence-electron chi connectivity index (χ1n) is 10.1. The molecule has 0 bridgehead atoms. The normalized spacial score (nSPS) is 11.5. The van der Waals surface area contributed by atoms with E-state index in [2.05, 4.69) is 11.1 Å². The largest absolute Gasteiger partial charge is 0.438 e. The quantitative estimate of drug-likeness (QED) is 0.384. The molecule has 32 heavy (non-hydrogen) atoms. The third-order valence-electron chi connectivity index (χ3n) is 5.56. The van der Waals surface area contributed by atoms with E-state index in [-0.39, 0.29) is 11.4 Å². The Bertz CT molecular complexity index is 1440. The second-order valence-electron chi connectivity index (χ2n) is 8.41. The lowest BCUT2D eigenvalue weighted by Gasteiger charge is -2.20. The molecule has 0 N–H and O–H groups in total. The van der Waals surface area contributed by atoms with Gasteiger partial charge in [-0.1, -0.05) is 0 Å². The van der Waals surface area contributed by atoms with Gasteiger partial charge in [0.1, 0.15) is 16.3 Å². The summed E-state index contributed by atoms with van der Waals surface area (Å²) >= 11 is 1.38. The Hall–Kier alpha value is -3.50. The molecule has 7 heteroatoms. The Morgan fingerprint density at radius 1 is 1.19 bits per heavy atom. The van der Waals surface area contributed by atoms with Gasteiger partial charge in [0.05, 0.1) is 11.5 Å². The zero-order valence-corrected chi connectivity index (χ0v) is 19.3. The molecule has 4 aromatic rings. The van der Waals surface area contributed by atoms with Crippen molar-refractivity contribution in [3.63, 3.8) is 0 Å². The van der Waals surface area contributed by atoms with Gasteiger partial charge in [0.25, 0.3) is 5.56 Å². The lowest BCUT2D eigenvalue weighted by molar-refractivity contribution is 0.454. The van der Waals surface area contributed by atoms with Crippen molar-refractivity contribution in [3.05, 3.63) is 74.9 Å². The predicted octanol–water partition coefficient (Wildman–Crippen LogP) is 6.01. The number of pyridine rings is 2. The van der Waals surface area contributed by atoms with Gasteiger partial charge >= 0.3 is 0 Å². The highest BCUT2D eigenvalue weighted by atomic mass is 32.1. The molecular formula is C25H22FN3O2S. The van der Waals surface area contributed by atoms with Gasteiger partial charge in [-0.25, -0.2) is 9.37 Å². The fourth-order valence-electron chi connectivity index (χ4n) is 3.67. The maximum atomic E-state index is 13.8. The first kappa shape index (κ1) is 21.7. The van der Waals surface area contributed by atoms with Crippen molar-refractivity contribution in [1.82, 2.24) is 9.55 Å². The van der Waals surface area contributed by atoms with Crippen LogP contribution in [0, 0.1) is 31.0 Å². The number of halogens is 1. The minimum Gasteiger partial charge on any atom is -0.438 e.